The lowest BCUT2D eigenvalue weighted by molar-refractivity contribution is 0.0948. The molecule has 0 aliphatic carbocycles. The fourth-order valence-electron chi connectivity index (χ4n) is 2.38. The van der Waals surface area contributed by atoms with Gasteiger partial charge in [0.2, 0.25) is 0 Å². The molecule has 0 radical (unpaired) electrons. The van der Waals surface area contributed by atoms with Crippen LogP contribution >= 0.6 is 0 Å². The number of hydrogen-bond donors (Lipinski definition) is 3. The lowest BCUT2D eigenvalue weighted by Crippen LogP contribution is -2.32. The van der Waals surface area contributed by atoms with Crippen molar-refractivity contribution >= 4 is 11.7 Å². The Labute approximate surface area is 120 Å². The third-order valence-corrected chi connectivity index (χ3v) is 3.21. The molecule has 5 nitrogen and oxygen atoms in total. The lowest BCUT2D eigenvalue weighted by Gasteiger charge is -2.07. The molecule has 20 heavy (non-hydrogen) atoms. The Hall–Kier alpha value is -1.62. The third-order valence-electron chi connectivity index (χ3n) is 3.21. The smallest absolute Gasteiger partial charge is 0.268 e. The summed E-state index contributed by atoms with van der Waals surface area (Å²) in [6.45, 7) is 9.64. The van der Waals surface area contributed by atoms with Gasteiger partial charge in [-0.1, -0.05) is 20.3 Å². The normalized spacial score (nSPS) is 10.6. The van der Waals surface area contributed by atoms with E-state index in [1.165, 1.54) is 0 Å². The van der Waals surface area contributed by atoms with E-state index in [0.717, 1.165) is 37.2 Å². The zero-order valence-corrected chi connectivity index (χ0v) is 12.9. The number of rotatable bonds is 8. The van der Waals surface area contributed by atoms with Gasteiger partial charge in [0.25, 0.3) is 5.91 Å². The van der Waals surface area contributed by atoms with Crippen LogP contribution in [0.3, 0.4) is 0 Å². The van der Waals surface area contributed by atoms with E-state index in [1.807, 2.05) is 20.8 Å². The van der Waals surface area contributed by atoms with Gasteiger partial charge in [-0.15, -0.1) is 0 Å². The molecule has 0 fully saturated rings. The average Bonchev–Trinajstić information content (AvgIpc) is 2.72. The number of H-pyrrole nitrogens is 1. The first-order valence-corrected chi connectivity index (χ1v) is 7.24. The van der Waals surface area contributed by atoms with Gasteiger partial charge < -0.3 is 15.6 Å². The van der Waals surface area contributed by atoms with Gasteiger partial charge in [-0.2, -0.15) is 0 Å². The molecule has 0 bridgehead atoms. The van der Waals surface area contributed by atoms with E-state index in [-0.39, 0.29) is 11.7 Å². The zero-order valence-electron chi connectivity index (χ0n) is 12.9. The molecular formula is C15H25N3O2. The van der Waals surface area contributed by atoms with E-state index in [4.69, 9.17) is 0 Å². The molecule has 3 N–H and O–H groups in total. The Morgan fingerprint density at radius 3 is 2.45 bits per heavy atom. The van der Waals surface area contributed by atoms with Crippen molar-refractivity contribution in [3.63, 3.8) is 0 Å². The number of amides is 1. The number of Topliss-reactive ketones (excluding diaryl/α,β-unsaturated/α-hetero) is 1. The van der Waals surface area contributed by atoms with Gasteiger partial charge >= 0.3 is 0 Å². The highest BCUT2D eigenvalue weighted by atomic mass is 16.2. The summed E-state index contributed by atoms with van der Waals surface area (Å²) in [5.74, 6) is -0.129. The summed E-state index contributed by atoms with van der Waals surface area (Å²) in [5.41, 5.74) is 2.82. The number of carbonyl (C=O) groups is 2. The molecule has 0 aliphatic heterocycles. The molecule has 1 amide bonds. The monoisotopic (exact) mass is 279 g/mol. The number of aromatic amines is 1. The van der Waals surface area contributed by atoms with Gasteiger partial charge in [0.05, 0.1) is 0 Å². The standard InChI is InChI=1S/C15H25N3O2/c1-5-7-12-13(11(4)19)10(3)18-14(12)15(20)17-9-8-16-6-2/h16,18H,5-9H2,1-4H3,(H,17,20). The average molecular weight is 279 g/mol. The summed E-state index contributed by atoms with van der Waals surface area (Å²) in [5, 5.41) is 6.02. The minimum atomic E-state index is -0.137. The highest BCUT2D eigenvalue weighted by Crippen LogP contribution is 2.21. The van der Waals surface area contributed by atoms with Crippen molar-refractivity contribution in [2.24, 2.45) is 0 Å². The summed E-state index contributed by atoms with van der Waals surface area (Å²) in [6, 6.07) is 0. The van der Waals surface area contributed by atoms with Crippen LogP contribution in [0, 0.1) is 6.92 Å². The molecule has 1 aromatic rings. The SMILES string of the molecule is CCCc1c(C(=O)NCCNCC)[nH]c(C)c1C(C)=O. The van der Waals surface area contributed by atoms with Crippen molar-refractivity contribution in [2.75, 3.05) is 19.6 Å². The van der Waals surface area contributed by atoms with Gasteiger partial charge in [-0.3, -0.25) is 9.59 Å². The minimum Gasteiger partial charge on any atom is -0.354 e. The Balaban J connectivity index is 2.90. The van der Waals surface area contributed by atoms with Crippen molar-refractivity contribution in [3.05, 3.63) is 22.5 Å². The van der Waals surface area contributed by atoms with Crippen LogP contribution in [0.5, 0.6) is 0 Å². The molecular weight excluding hydrogens is 254 g/mol. The fraction of sp³-hybridized carbons (Fsp3) is 0.600. The maximum absolute atomic E-state index is 12.2. The second kappa shape index (κ2) is 7.85. The van der Waals surface area contributed by atoms with Crippen LogP contribution in [0.1, 0.15) is 59.3 Å². The zero-order chi connectivity index (χ0) is 15.1. The van der Waals surface area contributed by atoms with Crippen molar-refractivity contribution in [1.29, 1.82) is 0 Å². The topological polar surface area (TPSA) is 74.0 Å². The first-order valence-electron chi connectivity index (χ1n) is 7.24. The first kappa shape index (κ1) is 16.4. The maximum atomic E-state index is 12.2. The van der Waals surface area contributed by atoms with Crippen LogP contribution in [-0.2, 0) is 6.42 Å². The van der Waals surface area contributed by atoms with Crippen LogP contribution in [0.15, 0.2) is 0 Å². The Kier molecular flexibility index (Phi) is 6.45. The van der Waals surface area contributed by atoms with E-state index in [2.05, 4.69) is 15.6 Å². The highest BCUT2D eigenvalue weighted by molar-refractivity contribution is 6.02. The largest absolute Gasteiger partial charge is 0.354 e. The Bertz CT molecular complexity index is 478. The van der Waals surface area contributed by atoms with Crippen molar-refractivity contribution in [2.45, 2.75) is 40.5 Å². The van der Waals surface area contributed by atoms with Crippen LogP contribution in [0.4, 0.5) is 0 Å². The molecule has 5 heteroatoms. The van der Waals surface area contributed by atoms with Gasteiger partial charge in [0.1, 0.15) is 5.69 Å². The summed E-state index contributed by atoms with van der Waals surface area (Å²) < 4.78 is 0. The summed E-state index contributed by atoms with van der Waals surface area (Å²) in [7, 11) is 0. The molecule has 0 atom stereocenters. The minimum absolute atomic E-state index is 0.00824. The van der Waals surface area contributed by atoms with Crippen LogP contribution < -0.4 is 10.6 Å². The van der Waals surface area contributed by atoms with Crippen molar-refractivity contribution < 1.29 is 9.59 Å². The van der Waals surface area contributed by atoms with E-state index in [1.54, 1.807) is 6.92 Å². The second-order valence-corrected chi connectivity index (χ2v) is 4.89. The molecule has 0 saturated heterocycles. The van der Waals surface area contributed by atoms with E-state index < -0.39 is 0 Å². The third kappa shape index (κ3) is 3.93. The van der Waals surface area contributed by atoms with Gasteiger partial charge in [-0.05, 0) is 32.4 Å². The maximum Gasteiger partial charge on any atom is 0.268 e. The number of likely N-dealkylation sites (N-methyl/N-ethyl adjacent to an activating group) is 1. The van der Waals surface area contributed by atoms with Crippen molar-refractivity contribution in [1.82, 2.24) is 15.6 Å². The molecule has 0 aromatic carbocycles. The Morgan fingerprint density at radius 1 is 1.20 bits per heavy atom. The molecule has 0 unspecified atom stereocenters. The van der Waals surface area contributed by atoms with Gasteiger partial charge in [0, 0.05) is 24.3 Å². The van der Waals surface area contributed by atoms with Gasteiger partial charge in [0.15, 0.2) is 5.78 Å². The molecule has 0 aliphatic rings. The number of nitrogens with one attached hydrogen (secondary N) is 3. The summed E-state index contributed by atoms with van der Waals surface area (Å²) >= 11 is 0. The highest BCUT2D eigenvalue weighted by Gasteiger charge is 2.21. The van der Waals surface area contributed by atoms with Crippen LogP contribution in [-0.4, -0.2) is 36.3 Å². The summed E-state index contributed by atoms with van der Waals surface area (Å²) in [6.07, 6.45) is 1.63. The van der Waals surface area contributed by atoms with E-state index in [0.29, 0.717) is 17.8 Å². The Morgan fingerprint density at radius 2 is 1.90 bits per heavy atom. The van der Waals surface area contributed by atoms with E-state index >= 15 is 0 Å². The summed E-state index contributed by atoms with van der Waals surface area (Å²) in [4.78, 5) is 27.0. The predicted octanol–water partition coefficient (Wildman–Crippen LogP) is 1.82. The van der Waals surface area contributed by atoms with Gasteiger partial charge in [-0.25, -0.2) is 0 Å². The molecule has 1 heterocycles. The number of carbonyl (C=O) groups excluding carboxylic acids is 2. The molecule has 1 aromatic heterocycles. The molecule has 0 spiro atoms. The quantitative estimate of drug-likeness (QED) is 0.502. The fourth-order valence-corrected chi connectivity index (χ4v) is 2.38. The predicted molar refractivity (Wildman–Crippen MR) is 80.4 cm³/mol. The lowest BCUT2D eigenvalue weighted by atomic mass is 10.0. The number of aryl methyl sites for hydroxylation is 1. The van der Waals surface area contributed by atoms with Crippen LogP contribution in [0.2, 0.25) is 0 Å². The van der Waals surface area contributed by atoms with Crippen molar-refractivity contribution in [3.8, 4) is 0 Å². The van der Waals surface area contributed by atoms with E-state index in [9.17, 15) is 9.59 Å². The molecule has 112 valence electrons. The second-order valence-electron chi connectivity index (χ2n) is 4.89. The number of ketones is 1. The number of hydrogen-bond acceptors (Lipinski definition) is 3. The number of aromatic nitrogens is 1. The molecule has 0 saturated carbocycles. The van der Waals surface area contributed by atoms with Crippen LogP contribution in [0.25, 0.3) is 0 Å². The molecule has 1 rings (SSSR count). The first-order chi connectivity index (χ1) is 9.52.